The summed E-state index contributed by atoms with van der Waals surface area (Å²) in [6.45, 7) is 10.1. The highest BCUT2D eigenvalue weighted by atomic mass is 35.5. The first-order valence-corrected chi connectivity index (χ1v) is 12.7. The maximum atomic E-state index is 13.7. The van der Waals surface area contributed by atoms with Crippen molar-refractivity contribution in [3.63, 3.8) is 0 Å². The van der Waals surface area contributed by atoms with Crippen LogP contribution in [-0.4, -0.2) is 29.7 Å². The molecule has 0 atom stereocenters. The minimum absolute atomic E-state index is 0.200. The van der Waals surface area contributed by atoms with Crippen LogP contribution in [0.15, 0.2) is 65.4 Å². The van der Waals surface area contributed by atoms with Gasteiger partial charge in [0.15, 0.2) is 0 Å². The number of halogens is 2. The fraction of sp³-hybridized carbons (Fsp3) is 0.241. The van der Waals surface area contributed by atoms with E-state index < -0.39 is 5.97 Å². The van der Waals surface area contributed by atoms with Gasteiger partial charge in [-0.25, -0.2) is 4.79 Å². The predicted octanol–water partition coefficient (Wildman–Crippen LogP) is 7.07. The van der Waals surface area contributed by atoms with Crippen molar-refractivity contribution in [3.05, 3.63) is 92.4 Å². The molecular weight excluding hydrogens is 511 g/mol. The van der Waals surface area contributed by atoms with E-state index in [1.807, 2.05) is 37.5 Å². The van der Waals surface area contributed by atoms with E-state index >= 15 is 0 Å². The average Bonchev–Trinajstić information content (AvgIpc) is 3.28. The van der Waals surface area contributed by atoms with Crippen molar-refractivity contribution < 1.29 is 19.1 Å². The summed E-state index contributed by atoms with van der Waals surface area (Å²) >= 11 is 12.4. The first-order valence-electron chi connectivity index (χ1n) is 12.0. The number of carbonyl (C=O) groups excluding carboxylic acids is 2. The van der Waals surface area contributed by atoms with Gasteiger partial charge in [0.25, 0.3) is 5.91 Å². The van der Waals surface area contributed by atoms with Gasteiger partial charge in [-0.05, 0) is 94.8 Å². The minimum Gasteiger partial charge on any atom is -0.494 e. The third-order valence-corrected chi connectivity index (χ3v) is 6.96. The number of hydrogen-bond acceptors (Lipinski definition) is 4. The van der Waals surface area contributed by atoms with Crippen LogP contribution in [0.1, 0.15) is 37.7 Å². The normalized spacial score (nSPS) is 14.6. The third-order valence-electron chi connectivity index (χ3n) is 6.22. The summed E-state index contributed by atoms with van der Waals surface area (Å²) in [5.74, 6) is -0.133. The van der Waals surface area contributed by atoms with Crippen molar-refractivity contribution in [1.29, 1.82) is 0 Å². The zero-order valence-corrected chi connectivity index (χ0v) is 22.9. The van der Waals surface area contributed by atoms with E-state index in [2.05, 4.69) is 0 Å². The second kappa shape index (κ2) is 10.9. The fourth-order valence-corrected chi connectivity index (χ4v) is 4.85. The van der Waals surface area contributed by atoms with Gasteiger partial charge in [0.2, 0.25) is 0 Å². The third kappa shape index (κ3) is 5.04. The van der Waals surface area contributed by atoms with Crippen LogP contribution < -0.4 is 9.64 Å². The van der Waals surface area contributed by atoms with Crippen LogP contribution in [0.5, 0.6) is 5.75 Å². The highest BCUT2D eigenvalue weighted by Crippen LogP contribution is 2.37. The first-order chi connectivity index (χ1) is 17.7. The summed E-state index contributed by atoms with van der Waals surface area (Å²) in [6.07, 6.45) is 1.75. The van der Waals surface area contributed by atoms with Gasteiger partial charge in [-0.3, -0.25) is 9.69 Å². The largest absolute Gasteiger partial charge is 0.494 e. The quantitative estimate of drug-likeness (QED) is 0.238. The molecule has 0 spiro atoms. The molecule has 6 nitrogen and oxygen atoms in total. The Morgan fingerprint density at radius 2 is 1.59 bits per heavy atom. The zero-order valence-electron chi connectivity index (χ0n) is 21.4. The first kappa shape index (κ1) is 26.6. The molecule has 0 radical (unpaired) electrons. The van der Waals surface area contributed by atoms with Crippen LogP contribution in [0, 0.1) is 13.8 Å². The van der Waals surface area contributed by atoms with Gasteiger partial charge in [0.05, 0.1) is 34.4 Å². The summed E-state index contributed by atoms with van der Waals surface area (Å²) in [5, 5.41) is 0.924. The van der Waals surface area contributed by atoms with E-state index in [1.165, 1.54) is 4.90 Å². The van der Waals surface area contributed by atoms with E-state index in [9.17, 15) is 9.59 Å². The molecule has 2 heterocycles. The Kier molecular flexibility index (Phi) is 7.81. The Bertz CT molecular complexity index is 1430. The van der Waals surface area contributed by atoms with E-state index in [4.69, 9.17) is 32.7 Å². The zero-order chi connectivity index (χ0) is 26.9. The summed E-state index contributed by atoms with van der Waals surface area (Å²) in [7, 11) is 0. The molecule has 0 aliphatic carbocycles. The molecule has 0 unspecified atom stereocenters. The number of benzene rings is 2. The number of ether oxygens (including phenoxy) is 2. The molecular formula is C29H28Cl2N2O4. The Hall–Kier alpha value is -3.48. The summed E-state index contributed by atoms with van der Waals surface area (Å²) in [5.41, 5.74) is 5.15. The van der Waals surface area contributed by atoms with E-state index in [0.717, 1.165) is 22.6 Å². The van der Waals surface area contributed by atoms with Gasteiger partial charge < -0.3 is 14.0 Å². The van der Waals surface area contributed by atoms with Gasteiger partial charge in [0.1, 0.15) is 5.75 Å². The standard InChI is InChI=1S/C29H28Cl2N2O4/c1-6-36-23-11-8-21(9-12-23)33-19(5)27(29(35)37-7-2)24(28(33)34)15-20-14-17(3)32(18(20)4)22-10-13-25(30)26(31)16-22/h8-16H,6-7H2,1-5H3/b24-15-. The van der Waals surface area contributed by atoms with Crippen molar-refractivity contribution in [1.82, 2.24) is 4.57 Å². The highest BCUT2D eigenvalue weighted by molar-refractivity contribution is 6.42. The number of amides is 1. The van der Waals surface area contributed by atoms with Crippen LogP contribution >= 0.6 is 23.2 Å². The topological polar surface area (TPSA) is 60.8 Å². The molecule has 0 bridgehead atoms. The molecule has 1 aliphatic heterocycles. The Morgan fingerprint density at radius 3 is 2.22 bits per heavy atom. The van der Waals surface area contributed by atoms with Crippen molar-refractivity contribution in [2.45, 2.75) is 34.6 Å². The lowest BCUT2D eigenvalue weighted by Gasteiger charge is -2.18. The molecule has 3 aromatic rings. The smallest absolute Gasteiger partial charge is 0.340 e. The SMILES string of the molecule is CCOC(=O)C1=C(C)N(c2ccc(OCC)cc2)C(=O)/C1=C\c1cc(C)n(-c2ccc(Cl)c(Cl)c2)c1C. The number of esters is 1. The molecule has 0 N–H and O–H groups in total. The van der Waals surface area contributed by atoms with Gasteiger partial charge in [-0.2, -0.15) is 0 Å². The molecule has 8 heteroatoms. The van der Waals surface area contributed by atoms with Gasteiger partial charge in [-0.15, -0.1) is 0 Å². The molecule has 37 heavy (non-hydrogen) atoms. The Labute approximate surface area is 226 Å². The molecule has 1 aliphatic rings. The fourth-order valence-electron chi connectivity index (χ4n) is 4.56. The maximum absolute atomic E-state index is 13.7. The molecule has 1 amide bonds. The predicted molar refractivity (Wildman–Crippen MR) is 148 cm³/mol. The van der Waals surface area contributed by atoms with Crippen LogP contribution in [-0.2, 0) is 14.3 Å². The van der Waals surface area contributed by atoms with Gasteiger partial charge in [-0.1, -0.05) is 23.2 Å². The monoisotopic (exact) mass is 538 g/mol. The summed E-state index contributed by atoms with van der Waals surface area (Å²) in [4.78, 5) is 28.3. The highest BCUT2D eigenvalue weighted by Gasteiger charge is 2.38. The number of aromatic nitrogens is 1. The molecule has 1 aromatic heterocycles. The lowest BCUT2D eigenvalue weighted by atomic mass is 10.0. The van der Waals surface area contributed by atoms with E-state index in [0.29, 0.717) is 33.8 Å². The maximum Gasteiger partial charge on any atom is 0.340 e. The molecule has 192 valence electrons. The second-order valence-electron chi connectivity index (χ2n) is 8.57. The minimum atomic E-state index is -0.536. The number of allylic oxidation sites excluding steroid dienone is 1. The van der Waals surface area contributed by atoms with Crippen molar-refractivity contribution in [3.8, 4) is 11.4 Å². The Morgan fingerprint density at radius 1 is 0.919 bits per heavy atom. The Balaban J connectivity index is 1.81. The number of carbonyl (C=O) groups is 2. The van der Waals surface area contributed by atoms with Crippen LogP contribution in [0.4, 0.5) is 5.69 Å². The van der Waals surface area contributed by atoms with Crippen molar-refractivity contribution in [2.75, 3.05) is 18.1 Å². The number of rotatable bonds is 7. The number of nitrogens with zero attached hydrogens (tertiary/aromatic N) is 2. The van der Waals surface area contributed by atoms with Crippen LogP contribution in [0.25, 0.3) is 11.8 Å². The van der Waals surface area contributed by atoms with Crippen molar-refractivity contribution >= 4 is 46.8 Å². The lowest BCUT2D eigenvalue weighted by Crippen LogP contribution is -2.24. The van der Waals surface area contributed by atoms with Gasteiger partial charge >= 0.3 is 5.97 Å². The number of anilines is 1. The summed E-state index contributed by atoms with van der Waals surface area (Å²) < 4.78 is 12.9. The van der Waals surface area contributed by atoms with Crippen LogP contribution in [0.2, 0.25) is 10.0 Å². The summed E-state index contributed by atoms with van der Waals surface area (Å²) in [6, 6.07) is 14.6. The molecule has 0 saturated carbocycles. The van der Waals surface area contributed by atoms with E-state index in [1.54, 1.807) is 56.3 Å². The second-order valence-corrected chi connectivity index (χ2v) is 9.38. The molecule has 0 fully saturated rings. The van der Waals surface area contributed by atoms with Crippen molar-refractivity contribution in [2.24, 2.45) is 0 Å². The number of aryl methyl sites for hydroxylation is 1. The molecule has 0 saturated heterocycles. The van der Waals surface area contributed by atoms with Gasteiger partial charge in [0, 0.05) is 28.5 Å². The average molecular weight is 539 g/mol. The number of hydrogen-bond donors (Lipinski definition) is 0. The van der Waals surface area contributed by atoms with E-state index in [-0.39, 0.29) is 23.7 Å². The van der Waals surface area contributed by atoms with Crippen LogP contribution in [0.3, 0.4) is 0 Å². The molecule has 2 aromatic carbocycles. The molecule has 4 rings (SSSR count). The lowest BCUT2D eigenvalue weighted by molar-refractivity contribution is -0.138.